The molecule has 2 aliphatic rings. The van der Waals surface area contributed by atoms with Crippen molar-refractivity contribution >= 4 is 29.9 Å². The fourth-order valence-corrected chi connectivity index (χ4v) is 4.40. The van der Waals surface area contributed by atoms with Crippen LogP contribution in [0.3, 0.4) is 0 Å². The van der Waals surface area contributed by atoms with Crippen molar-refractivity contribution in [3.05, 3.63) is 35.4 Å². The van der Waals surface area contributed by atoms with E-state index in [-0.39, 0.29) is 24.0 Å². The van der Waals surface area contributed by atoms with Crippen LogP contribution >= 0.6 is 24.0 Å². The molecule has 0 bridgehead atoms. The number of nitrogens with zero attached hydrogens (tertiary/aromatic N) is 3. The molecule has 2 fully saturated rings. The van der Waals surface area contributed by atoms with Crippen molar-refractivity contribution in [2.75, 3.05) is 46.9 Å². The lowest BCUT2D eigenvalue weighted by molar-refractivity contribution is 0.0625. The van der Waals surface area contributed by atoms with Gasteiger partial charge in [0.15, 0.2) is 5.96 Å². The Hall–Kier alpha value is -0.860. The molecule has 2 saturated heterocycles. The van der Waals surface area contributed by atoms with Crippen molar-refractivity contribution in [1.29, 1.82) is 0 Å². The Morgan fingerprint density at radius 2 is 1.87 bits per heavy atom. The predicted octanol–water partition coefficient (Wildman–Crippen LogP) is 4.36. The van der Waals surface area contributed by atoms with Gasteiger partial charge in [-0.15, -0.1) is 24.0 Å². The standard InChI is InChI=1S/C24H40N4O.HI/c1-20-7-13-28(14-8-20)19-23-6-4-5-22(17-23)18-26-24(25-2)27(3)12-9-21-10-15-29-16-11-21;/h4-6,17,20-21H,7-16,18-19H2,1-3H3,(H,25,26);1H. The molecular weight excluding hydrogens is 487 g/mol. The van der Waals surface area contributed by atoms with E-state index in [0.717, 1.165) is 50.6 Å². The Labute approximate surface area is 200 Å². The first-order chi connectivity index (χ1) is 14.1. The van der Waals surface area contributed by atoms with Gasteiger partial charge in [0.1, 0.15) is 0 Å². The van der Waals surface area contributed by atoms with Crippen LogP contribution in [-0.2, 0) is 17.8 Å². The molecule has 30 heavy (non-hydrogen) atoms. The van der Waals surface area contributed by atoms with Crippen LogP contribution in [0.25, 0.3) is 0 Å². The molecule has 0 saturated carbocycles. The number of hydrogen-bond acceptors (Lipinski definition) is 3. The number of piperidine rings is 1. The molecule has 170 valence electrons. The lowest BCUT2D eigenvalue weighted by Crippen LogP contribution is -2.39. The van der Waals surface area contributed by atoms with Crippen LogP contribution in [0.15, 0.2) is 29.3 Å². The summed E-state index contributed by atoms with van der Waals surface area (Å²) in [5.41, 5.74) is 2.74. The first-order valence-electron chi connectivity index (χ1n) is 11.4. The summed E-state index contributed by atoms with van der Waals surface area (Å²) in [5, 5.41) is 3.55. The van der Waals surface area contributed by atoms with Crippen LogP contribution in [0.4, 0.5) is 0 Å². The number of halogens is 1. The maximum absolute atomic E-state index is 5.47. The van der Waals surface area contributed by atoms with Gasteiger partial charge in [-0.1, -0.05) is 31.2 Å². The Morgan fingerprint density at radius 3 is 2.57 bits per heavy atom. The summed E-state index contributed by atoms with van der Waals surface area (Å²) in [5.74, 6) is 2.66. The molecule has 0 aliphatic carbocycles. The highest BCUT2D eigenvalue weighted by atomic mass is 127. The number of likely N-dealkylation sites (tertiary alicyclic amines) is 1. The van der Waals surface area contributed by atoms with E-state index in [4.69, 9.17) is 4.74 Å². The van der Waals surface area contributed by atoms with Crippen molar-refractivity contribution in [3.63, 3.8) is 0 Å². The summed E-state index contributed by atoms with van der Waals surface area (Å²) in [6.45, 7) is 9.61. The summed E-state index contributed by atoms with van der Waals surface area (Å²) in [6, 6.07) is 9.01. The zero-order valence-corrected chi connectivity index (χ0v) is 21.4. The lowest BCUT2D eigenvalue weighted by atomic mass is 9.96. The van der Waals surface area contributed by atoms with Crippen molar-refractivity contribution in [2.24, 2.45) is 16.8 Å². The molecule has 0 atom stereocenters. The van der Waals surface area contributed by atoms with E-state index >= 15 is 0 Å². The second-order valence-electron chi connectivity index (χ2n) is 8.95. The van der Waals surface area contributed by atoms with Crippen LogP contribution in [0.1, 0.15) is 50.2 Å². The molecule has 2 heterocycles. The Kier molecular flexibility index (Phi) is 11.5. The first kappa shape index (κ1) is 25.4. The minimum atomic E-state index is 0. The van der Waals surface area contributed by atoms with Gasteiger partial charge in [-0.05, 0) is 68.2 Å². The van der Waals surface area contributed by atoms with Crippen molar-refractivity contribution < 1.29 is 4.74 Å². The average Bonchev–Trinajstić information content (AvgIpc) is 2.75. The van der Waals surface area contributed by atoms with Crippen LogP contribution in [0.2, 0.25) is 0 Å². The van der Waals surface area contributed by atoms with Gasteiger partial charge < -0.3 is 15.0 Å². The van der Waals surface area contributed by atoms with Gasteiger partial charge in [-0.25, -0.2) is 0 Å². The molecule has 6 heteroatoms. The molecule has 2 aliphatic heterocycles. The van der Waals surface area contributed by atoms with Crippen LogP contribution in [0, 0.1) is 11.8 Å². The Balaban J connectivity index is 0.00000320. The molecule has 0 spiro atoms. The predicted molar refractivity (Wildman–Crippen MR) is 137 cm³/mol. The molecule has 0 amide bonds. The van der Waals surface area contributed by atoms with E-state index in [1.54, 1.807) is 0 Å². The number of aliphatic imine (C=N–C) groups is 1. The highest BCUT2D eigenvalue weighted by molar-refractivity contribution is 14.0. The number of ether oxygens (including phenoxy) is 1. The summed E-state index contributed by atoms with van der Waals surface area (Å²) in [6.07, 6.45) is 6.27. The zero-order chi connectivity index (χ0) is 20.5. The first-order valence-corrected chi connectivity index (χ1v) is 11.4. The molecule has 5 nitrogen and oxygen atoms in total. The quantitative estimate of drug-likeness (QED) is 0.325. The molecule has 3 rings (SSSR count). The SMILES string of the molecule is CN=C(NCc1cccc(CN2CCC(C)CC2)c1)N(C)CCC1CCOCC1.I. The van der Waals surface area contributed by atoms with E-state index in [9.17, 15) is 0 Å². The smallest absolute Gasteiger partial charge is 0.193 e. The number of guanidine groups is 1. The largest absolute Gasteiger partial charge is 0.381 e. The van der Waals surface area contributed by atoms with Gasteiger partial charge in [0, 0.05) is 46.9 Å². The van der Waals surface area contributed by atoms with Gasteiger partial charge in [-0.3, -0.25) is 9.89 Å². The zero-order valence-electron chi connectivity index (χ0n) is 19.1. The third-order valence-corrected chi connectivity index (χ3v) is 6.51. The molecule has 0 radical (unpaired) electrons. The average molecular weight is 529 g/mol. The monoisotopic (exact) mass is 528 g/mol. The normalized spacial score (nSPS) is 19.4. The van der Waals surface area contributed by atoms with Crippen LogP contribution < -0.4 is 5.32 Å². The van der Waals surface area contributed by atoms with Crippen LogP contribution in [0.5, 0.6) is 0 Å². The van der Waals surface area contributed by atoms with E-state index < -0.39 is 0 Å². The molecule has 1 aromatic rings. The summed E-state index contributed by atoms with van der Waals surface area (Å²) < 4.78 is 5.47. The second kappa shape index (κ2) is 13.5. The number of hydrogen-bond donors (Lipinski definition) is 1. The maximum atomic E-state index is 5.47. The highest BCUT2D eigenvalue weighted by Crippen LogP contribution is 2.19. The maximum Gasteiger partial charge on any atom is 0.193 e. The summed E-state index contributed by atoms with van der Waals surface area (Å²) in [4.78, 5) is 9.34. The minimum Gasteiger partial charge on any atom is -0.381 e. The Bertz CT molecular complexity index is 640. The molecule has 1 aromatic carbocycles. The summed E-state index contributed by atoms with van der Waals surface area (Å²) >= 11 is 0. The van der Waals surface area contributed by atoms with Crippen molar-refractivity contribution in [1.82, 2.24) is 15.1 Å². The third kappa shape index (κ3) is 8.35. The third-order valence-electron chi connectivity index (χ3n) is 6.51. The fraction of sp³-hybridized carbons (Fsp3) is 0.708. The van der Waals surface area contributed by atoms with E-state index in [1.165, 1.54) is 56.3 Å². The number of nitrogens with one attached hydrogen (secondary N) is 1. The van der Waals surface area contributed by atoms with E-state index in [1.807, 2.05) is 7.05 Å². The van der Waals surface area contributed by atoms with Crippen molar-refractivity contribution in [3.8, 4) is 0 Å². The molecule has 0 unspecified atom stereocenters. The lowest BCUT2D eigenvalue weighted by Gasteiger charge is -2.30. The van der Waals surface area contributed by atoms with Gasteiger partial charge in [-0.2, -0.15) is 0 Å². The molecule has 0 aromatic heterocycles. The highest BCUT2D eigenvalue weighted by Gasteiger charge is 2.17. The second-order valence-corrected chi connectivity index (χ2v) is 8.95. The minimum absolute atomic E-state index is 0. The molecular formula is C24H41IN4O. The van der Waals surface area contributed by atoms with Gasteiger partial charge in [0.2, 0.25) is 0 Å². The Morgan fingerprint density at radius 1 is 1.17 bits per heavy atom. The number of benzene rings is 1. The van der Waals surface area contributed by atoms with Crippen LogP contribution in [-0.4, -0.2) is 62.7 Å². The van der Waals surface area contributed by atoms with Gasteiger partial charge in [0.25, 0.3) is 0 Å². The summed E-state index contributed by atoms with van der Waals surface area (Å²) in [7, 11) is 4.02. The van der Waals surface area contributed by atoms with E-state index in [2.05, 4.69) is 58.3 Å². The van der Waals surface area contributed by atoms with Gasteiger partial charge >= 0.3 is 0 Å². The topological polar surface area (TPSA) is 40.1 Å². The van der Waals surface area contributed by atoms with Crippen molar-refractivity contribution in [2.45, 2.75) is 52.1 Å². The fourth-order valence-electron chi connectivity index (χ4n) is 4.40. The number of rotatable bonds is 7. The van der Waals surface area contributed by atoms with E-state index in [0.29, 0.717) is 0 Å². The van der Waals surface area contributed by atoms with Gasteiger partial charge in [0.05, 0.1) is 0 Å². The molecule has 1 N–H and O–H groups in total.